The number of ether oxygens (including phenoxy) is 1. The van der Waals surface area contributed by atoms with Gasteiger partial charge < -0.3 is 14.5 Å². The number of carbonyl (C=O) groups is 2. The van der Waals surface area contributed by atoms with E-state index in [0.29, 0.717) is 19.7 Å². The van der Waals surface area contributed by atoms with Gasteiger partial charge in [-0.25, -0.2) is 0 Å². The van der Waals surface area contributed by atoms with Crippen molar-refractivity contribution in [3.8, 4) is 0 Å². The summed E-state index contributed by atoms with van der Waals surface area (Å²) in [5.74, 6) is 0.140. The smallest absolute Gasteiger partial charge is 0.236 e. The second-order valence-electron chi connectivity index (χ2n) is 6.14. The number of hydrogen-bond acceptors (Lipinski definition) is 4. The molecule has 6 nitrogen and oxygen atoms in total. The van der Waals surface area contributed by atoms with Gasteiger partial charge in [0.15, 0.2) is 0 Å². The Bertz CT molecular complexity index is 340. The van der Waals surface area contributed by atoms with E-state index >= 15 is 0 Å². The Morgan fingerprint density at radius 1 is 1.00 bits per heavy atom. The topological polar surface area (TPSA) is 53.1 Å². The summed E-state index contributed by atoms with van der Waals surface area (Å²) in [7, 11) is 5.10. The highest BCUT2D eigenvalue weighted by Gasteiger charge is 2.20. The Labute approximate surface area is 134 Å². The molecule has 0 atom stereocenters. The summed E-state index contributed by atoms with van der Waals surface area (Å²) in [6.07, 6.45) is 5.85. The molecule has 0 radical (unpaired) electrons. The summed E-state index contributed by atoms with van der Waals surface area (Å²) in [5, 5.41) is 0. The van der Waals surface area contributed by atoms with E-state index in [1.165, 1.54) is 19.3 Å². The number of carbonyl (C=O) groups excluding carboxylic acids is 2. The molecule has 0 aromatic carbocycles. The first-order valence-electron chi connectivity index (χ1n) is 8.24. The van der Waals surface area contributed by atoms with Crippen LogP contribution < -0.4 is 0 Å². The SMILES string of the molecule is COCCN(CC(=O)N(C)C)CC(=O)N1CCCCCCC1. The first-order chi connectivity index (χ1) is 10.5. The molecule has 0 N–H and O–H groups in total. The number of likely N-dealkylation sites (tertiary alicyclic amines) is 1. The van der Waals surface area contributed by atoms with Crippen LogP contribution in [0.4, 0.5) is 0 Å². The van der Waals surface area contributed by atoms with E-state index in [1.54, 1.807) is 26.1 Å². The summed E-state index contributed by atoms with van der Waals surface area (Å²) >= 11 is 0. The van der Waals surface area contributed by atoms with E-state index in [2.05, 4.69) is 0 Å². The van der Waals surface area contributed by atoms with Crippen LogP contribution in [0.1, 0.15) is 32.1 Å². The van der Waals surface area contributed by atoms with Crippen LogP contribution in [0.3, 0.4) is 0 Å². The number of nitrogens with zero attached hydrogens (tertiary/aromatic N) is 3. The van der Waals surface area contributed by atoms with Gasteiger partial charge in [-0.3, -0.25) is 14.5 Å². The van der Waals surface area contributed by atoms with Crippen molar-refractivity contribution in [1.29, 1.82) is 0 Å². The normalized spacial score (nSPS) is 16.3. The maximum Gasteiger partial charge on any atom is 0.236 e. The van der Waals surface area contributed by atoms with Gasteiger partial charge in [0, 0.05) is 40.8 Å². The van der Waals surface area contributed by atoms with Crippen LogP contribution in [-0.2, 0) is 14.3 Å². The van der Waals surface area contributed by atoms with Gasteiger partial charge in [-0.2, -0.15) is 0 Å². The molecule has 1 aliphatic heterocycles. The zero-order chi connectivity index (χ0) is 16.4. The summed E-state index contributed by atoms with van der Waals surface area (Å²) < 4.78 is 5.09. The molecular formula is C16H31N3O3. The Morgan fingerprint density at radius 3 is 2.14 bits per heavy atom. The molecule has 1 heterocycles. The lowest BCUT2D eigenvalue weighted by Gasteiger charge is -2.29. The molecule has 6 heteroatoms. The zero-order valence-electron chi connectivity index (χ0n) is 14.3. The standard InChI is InChI=1S/C16H31N3O3/c1-17(2)15(20)13-18(11-12-22-3)14-16(21)19-9-7-5-4-6-8-10-19/h4-14H2,1-3H3. The molecule has 0 aromatic heterocycles. The van der Waals surface area contributed by atoms with E-state index in [0.717, 1.165) is 25.9 Å². The molecule has 0 unspecified atom stereocenters. The van der Waals surface area contributed by atoms with E-state index < -0.39 is 0 Å². The maximum absolute atomic E-state index is 12.5. The lowest BCUT2D eigenvalue weighted by molar-refractivity contribution is -0.135. The molecule has 128 valence electrons. The van der Waals surface area contributed by atoms with Gasteiger partial charge in [0.25, 0.3) is 0 Å². The maximum atomic E-state index is 12.5. The van der Waals surface area contributed by atoms with Gasteiger partial charge in [-0.1, -0.05) is 19.3 Å². The number of hydrogen-bond donors (Lipinski definition) is 0. The minimum absolute atomic E-state index is 0.0107. The lowest BCUT2D eigenvalue weighted by Crippen LogP contribution is -2.45. The molecule has 1 saturated heterocycles. The van der Waals surface area contributed by atoms with Gasteiger partial charge in [0.2, 0.25) is 11.8 Å². The third-order valence-electron chi connectivity index (χ3n) is 4.04. The van der Waals surface area contributed by atoms with E-state index in [4.69, 9.17) is 4.74 Å². The van der Waals surface area contributed by atoms with Crippen molar-refractivity contribution in [3.63, 3.8) is 0 Å². The second kappa shape index (κ2) is 10.6. The Morgan fingerprint density at radius 2 is 1.59 bits per heavy atom. The Balaban J connectivity index is 2.53. The molecular weight excluding hydrogens is 282 g/mol. The van der Waals surface area contributed by atoms with Gasteiger partial charge in [0.05, 0.1) is 19.7 Å². The molecule has 22 heavy (non-hydrogen) atoms. The van der Waals surface area contributed by atoms with Crippen LogP contribution >= 0.6 is 0 Å². The zero-order valence-corrected chi connectivity index (χ0v) is 14.3. The Hall–Kier alpha value is -1.14. The van der Waals surface area contributed by atoms with Crippen molar-refractivity contribution in [1.82, 2.24) is 14.7 Å². The molecule has 0 spiro atoms. The average Bonchev–Trinajstić information content (AvgIpc) is 2.43. The van der Waals surface area contributed by atoms with Gasteiger partial charge in [0.1, 0.15) is 0 Å². The van der Waals surface area contributed by atoms with E-state index in [9.17, 15) is 9.59 Å². The number of methoxy groups -OCH3 is 1. The monoisotopic (exact) mass is 313 g/mol. The van der Waals surface area contributed by atoms with Crippen molar-refractivity contribution in [3.05, 3.63) is 0 Å². The highest BCUT2D eigenvalue weighted by molar-refractivity contribution is 5.81. The average molecular weight is 313 g/mol. The predicted molar refractivity (Wildman–Crippen MR) is 86.7 cm³/mol. The largest absolute Gasteiger partial charge is 0.383 e. The van der Waals surface area contributed by atoms with Gasteiger partial charge in [-0.15, -0.1) is 0 Å². The molecule has 1 fully saturated rings. The van der Waals surface area contributed by atoms with Crippen LogP contribution in [-0.4, -0.2) is 87.0 Å². The quantitative estimate of drug-likeness (QED) is 0.698. The third-order valence-corrected chi connectivity index (χ3v) is 4.04. The molecule has 1 rings (SSSR count). The number of amides is 2. The molecule has 0 aromatic rings. The Kier molecular flexibility index (Phi) is 9.08. The highest BCUT2D eigenvalue weighted by Crippen LogP contribution is 2.11. The second-order valence-corrected chi connectivity index (χ2v) is 6.14. The molecule has 0 saturated carbocycles. The van der Waals surface area contributed by atoms with Gasteiger partial charge in [-0.05, 0) is 12.8 Å². The summed E-state index contributed by atoms with van der Waals surface area (Å²) in [5.41, 5.74) is 0. The molecule has 0 bridgehead atoms. The van der Waals surface area contributed by atoms with Crippen molar-refractivity contribution in [2.24, 2.45) is 0 Å². The highest BCUT2D eigenvalue weighted by atomic mass is 16.5. The fourth-order valence-electron chi connectivity index (χ4n) is 2.56. The van der Waals surface area contributed by atoms with Crippen molar-refractivity contribution in [2.45, 2.75) is 32.1 Å². The van der Waals surface area contributed by atoms with E-state index in [1.807, 2.05) is 9.80 Å². The molecule has 1 aliphatic rings. The third kappa shape index (κ3) is 7.22. The van der Waals surface area contributed by atoms with Crippen LogP contribution in [0.5, 0.6) is 0 Å². The summed E-state index contributed by atoms with van der Waals surface area (Å²) in [6.45, 7) is 3.36. The molecule has 0 aliphatic carbocycles. The van der Waals surface area contributed by atoms with Crippen LogP contribution in [0, 0.1) is 0 Å². The number of rotatable bonds is 7. The lowest BCUT2D eigenvalue weighted by atomic mass is 10.1. The van der Waals surface area contributed by atoms with Crippen LogP contribution in [0.25, 0.3) is 0 Å². The van der Waals surface area contributed by atoms with Crippen molar-refractivity contribution >= 4 is 11.8 Å². The number of likely N-dealkylation sites (N-methyl/N-ethyl adjacent to an activating group) is 1. The van der Waals surface area contributed by atoms with Gasteiger partial charge >= 0.3 is 0 Å². The summed E-state index contributed by atoms with van der Waals surface area (Å²) in [4.78, 5) is 29.8. The van der Waals surface area contributed by atoms with Crippen LogP contribution in [0.15, 0.2) is 0 Å². The van der Waals surface area contributed by atoms with E-state index in [-0.39, 0.29) is 18.4 Å². The fraction of sp³-hybridized carbons (Fsp3) is 0.875. The minimum atomic E-state index is 0.0107. The first kappa shape index (κ1) is 18.9. The van der Waals surface area contributed by atoms with Crippen molar-refractivity contribution in [2.75, 3.05) is 60.5 Å². The summed E-state index contributed by atoms with van der Waals surface area (Å²) in [6, 6.07) is 0. The predicted octanol–water partition coefficient (Wildman–Crippen LogP) is 0.816. The van der Waals surface area contributed by atoms with Crippen molar-refractivity contribution < 1.29 is 14.3 Å². The molecule has 2 amide bonds. The first-order valence-corrected chi connectivity index (χ1v) is 8.24. The fourth-order valence-corrected chi connectivity index (χ4v) is 2.56. The minimum Gasteiger partial charge on any atom is -0.383 e. The van der Waals surface area contributed by atoms with Crippen LogP contribution in [0.2, 0.25) is 0 Å².